The zero-order valence-corrected chi connectivity index (χ0v) is 16.3. The maximum Gasteiger partial charge on any atom is 0.573 e. The molecule has 28 heavy (non-hydrogen) atoms. The molecule has 2 rings (SSSR count). The molecule has 0 aliphatic carbocycles. The highest BCUT2D eigenvalue weighted by atomic mass is 19.4. The van der Waals surface area contributed by atoms with E-state index >= 15 is 0 Å². The Morgan fingerprint density at radius 1 is 1.29 bits per heavy atom. The van der Waals surface area contributed by atoms with Gasteiger partial charge in [-0.2, -0.15) is 0 Å². The molecule has 0 bridgehead atoms. The number of guanidine groups is 1. The number of aliphatic imine (C=N–C) groups is 1. The summed E-state index contributed by atoms with van der Waals surface area (Å²) in [6.45, 7) is 6.13. The van der Waals surface area contributed by atoms with Crippen LogP contribution in [0.4, 0.5) is 13.2 Å². The molecule has 1 heterocycles. The van der Waals surface area contributed by atoms with Gasteiger partial charge in [-0.25, -0.2) is 4.99 Å². The summed E-state index contributed by atoms with van der Waals surface area (Å²) in [4.78, 5) is 6.64. The number of ether oxygens (including phenoxy) is 3. The molecule has 0 saturated carbocycles. The minimum Gasteiger partial charge on any atom is -0.405 e. The van der Waals surface area contributed by atoms with Crippen LogP contribution in [0, 0.1) is 5.92 Å². The zero-order chi connectivity index (χ0) is 20.4. The summed E-state index contributed by atoms with van der Waals surface area (Å²) in [5.74, 6) is 0.853. The van der Waals surface area contributed by atoms with E-state index < -0.39 is 6.36 Å². The number of halogens is 3. The van der Waals surface area contributed by atoms with E-state index in [0.717, 1.165) is 19.5 Å². The number of rotatable bonds is 9. The molecule has 0 aromatic heterocycles. The van der Waals surface area contributed by atoms with E-state index in [1.807, 2.05) is 6.92 Å². The van der Waals surface area contributed by atoms with Crippen molar-refractivity contribution in [3.8, 4) is 5.75 Å². The summed E-state index contributed by atoms with van der Waals surface area (Å²) in [6, 6.07) is 6.07. The van der Waals surface area contributed by atoms with E-state index in [9.17, 15) is 13.2 Å². The molecule has 0 spiro atoms. The second-order valence-corrected chi connectivity index (χ2v) is 6.49. The van der Waals surface area contributed by atoms with Crippen LogP contribution >= 0.6 is 0 Å². The summed E-state index contributed by atoms with van der Waals surface area (Å²) in [6.07, 6.45) is -3.75. The van der Waals surface area contributed by atoms with Crippen LogP contribution in [-0.4, -0.2) is 63.8 Å². The number of hydrogen-bond acceptors (Lipinski definition) is 4. The topological polar surface area (TPSA) is 55.3 Å². The highest BCUT2D eigenvalue weighted by Crippen LogP contribution is 2.27. The molecule has 0 amide bonds. The Morgan fingerprint density at radius 3 is 2.79 bits per heavy atom. The van der Waals surface area contributed by atoms with Crippen molar-refractivity contribution in [3.63, 3.8) is 0 Å². The third kappa shape index (κ3) is 7.55. The molecule has 1 aliphatic heterocycles. The van der Waals surface area contributed by atoms with Gasteiger partial charge in [-0.15, -0.1) is 13.2 Å². The number of benzene rings is 1. The zero-order valence-electron chi connectivity index (χ0n) is 16.3. The maximum absolute atomic E-state index is 12.6. The Kier molecular flexibility index (Phi) is 8.85. The first-order valence-electron chi connectivity index (χ1n) is 9.36. The molecular formula is C19H28F3N3O3. The predicted octanol–water partition coefficient (Wildman–Crippen LogP) is 3.04. The number of likely N-dealkylation sites (tertiary alicyclic amines) is 1. The van der Waals surface area contributed by atoms with Crippen LogP contribution in [0.15, 0.2) is 29.3 Å². The van der Waals surface area contributed by atoms with E-state index in [2.05, 4.69) is 19.9 Å². The highest BCUT2D eigenvalue weighted by Gasteiger charge is 2.32. The second kappa shape index (κ2) is 11.1. The summed E-state index contributed by atoms with van der Waals surface area (Å²) in [5.41, 5.74) is 0.383. The van der Waals surface area contributed by atoms with Gasteiger partial charge in [0, 0.05) is 38.2 Å². The number of nitrogens with one attached hydrogen (secondary N) is 1. The van der Waals surface area contributed by atoms with Crippen LogP contribution in [0.3, 0.4) is 0 Å². The van der Waals surface area contributed by atoms with E-state index in [-0.39, 0.29) is 12.3 Å². The molecule has 0 radical (unpaired) electrons. The van der Waals surface area contributed by atoms with Crippen molar-refractivity contribution in [2.24, 2.45) is 10.9 Å². The first-order chi connectivity index (χ1) is 13.4. The molecule has 6 nitrogen and oxygen atoms in total. The molecule has 1 aromatic rings. The van der Waals surface area contributed by atoms with Gasteiger partial charge in [0.15, 0.2) is 5.96 Å². The smallest absolute Gasteiger partial charge is 0.405 e. The molecule has 9 heteroatoms. The Hall–Kier alpha value is -2.00. The van der Waals surface area contributed by atoms with Crippen molar-refractivity contribution in [1.82, 2.24) is 10.2 Å². The predicted molar refractivity (Wildman–Crippen MR) is 100 cm³/mol. The average molecular weight is 403 g/mol. The van der Waals surface area contributed by atoms with Crippen molar-refractivity contribution >= 4 is 5.96 Å². The quantitative estimate of drug-likeness (QED) is 0.390. The molecule has 1 unspecified atom stereocenters. The SMILES string of the molecule is CCNC(=NCc1ccccc1OC(F)(F)F)N1CCC(COCCOC)C1. The van der Waals surface area contributed by atoms with Crippen molar-refractivity contribution in [2.45, 2.75) is 26.3 Å². The van der Waals surface area contributed by atoms with E-state index in [0.29, 0.717) is 43.8 Å². The number of nitrogens with zero attached hydrogens (tertiary/aromatic N) is 2. The van der Waals surface area contributed by atoms with E-state index in [4.69, 9.17) is 9.47 Å². The second-order valence-electron chi connectivity index (χ2n) is 6.49. The van der Waals surface area contributed by atoms with Crippen molar-refractivity contribution in [1.29, 1.82) is 0 Å². The van der Waals surface area contributed by atoms with Gasteiger partial charge in [0.05, 0.1) is 26.4 Å². The summed E-state index contributed by atoms with van der Waals surface area (Å²) >= 11 is 0. The van der Waals surface area contributed by atoms with Gasteiger partial charge < -0.3 is 24.4 Å². The summed E-state index contributed by atoms with van der Waals surface area (Å²) < 4.78 is 52.4. The Labute approximate surface area is 163 Å². The summed E-state index contributed by atoms with van der Waals surface area (Å²) in [7, 11) is 1.64. The Balaban J connectivity index is 1.98. The normalized spacial score (nSPS) is 17.8. The van der Waals surface area contributed by atoms with Crippen molar-refractivity contribution < 1.29 is 27.4 Å². The molecule has 1 N–H and O–H groups in total. The molecule has 1 saturated heterocycles. The van der Waals surface area contributed by atoms with Crippen LogP contribution in [-0.2, 0) is 16.0 Å². The lowest BCUT2D eigenvalue weighted by Gasteiger charge is -2.22. The standard InChI is InChI=1S/C19H28F3N3O3/c1-3-23-18(25-9-8-15(13-25)14-27-11-10-26-2)24-12-16-6-4-5-7-17(16)28-19(20,21)22/h4-7,15H,3,8-14H2,1-2H3,(H,23,24). The number of methoxy groups -OCH3 is 1. The minimum absolute atomic E-state index is 0.0973. The first kappa shape index (κ1) is 22.3. The molecule has 1 fully saturated rings. The minimum atomic E-state index is -4.73. The highest BCUT2D eigenvalue weighted by molar-refractivity contribution is 5.80. The Bertz CT molecular complexity index is 626. The third-order valence-electron chi connectivity index (χ3n) is 4.30. The Morgan fingerprint density at radius 2 is 2.07 bits per heavy atom. The van der Waals surface area contributed by atoms with E-state index in [1.54, 1.807) is 19.2 Å². The fraction of sp³-hybridized carbons (Fsp3) is 0.632. The molecule has 1 aromatic carbocycles. The first-order valence-corrected chi connectivity index (χ1v) is 9.36. The van der Waals surface area contributed by atoms with Crippen LogP contribution in [0.1, 0.15) is 18.9 Å². The molecular weight excluding hydrogens is 375 g/mol. The summed E-state index contributed by atoms with van der Waals surface area (Å²) in [5, 5.41) is 3.21. The molecule has 1 aliphatic rings. The fourth-order valence-electron chi connectivity index (χ4n) is 3.00. The van der Waals surface area contributed by atoms with E-state index in [1.165, 1.54) is 12.1 Å². The monoisotopic (exact) mass is 403 g/mol. The lowest BCUT2D eigenvalue weighted by molar-refractivity contribution is -0.274. The average Bonchev–Trinajstić information content (AvgIpc) is 3.11. The van der Waals surface area contributed by atoms with Crippen molar-refractivity contribution in [3.05, 3.63) is 29.8 Å². The van der Waals surface area contributed by atoms with Crippen LogP contribution in [0.5, 0.6) is 5.75 Å². The maximum atomic E-state index is 12.6. The number of hydrogen-bond donors (Lipinski definition) is 1. The van der Waals surface area contributed by atoms with Gasteiger partial charge >= 0.3 is 6.36 Å². The molecule has 1 atom stereocenters. The fourth-order valence-corrected chi connectivity index (χ4v) is 3.00. The van der Waals surface area contributed by atoms with Crippen LogP contribution in [0.25, 0.3) is 0 Å². The van der Waals surface area contributed by atoms with Crippen molar-refractivity contribution in [2.75, 3.05) is 46.6 Å². The lowest BCUT2D eigenvalue weighted by atomic mass is 10.1. The largest absolute Gasteiger partial charge is 0.573 e. The van der Waals surface area contributed by atoms with Gasteiger partial charge in [-0.05, 0) is 19.4 Å². The van der Waals surface area contributed by atoms with Gasteiger partial charge in [0.2, 0.25) is 0 Å². The molecule has 158 valence electrons. The van der Waals surface area contributed by atoms with Gasteiger partial charge in [0.25, 0.3) is 0 Å². The van der Waals surface area contributed by atoms with Crippen LogP contribution < -0.4 is 10.1 Å². The number of para-hydroxylation sites is 1. The van der Waals surface area contributed by atoms with Crippen LogP contribution in [0.2, 0.25) is 0 Å². The van der Waals surface area contributed by atoms with Gasteiger partial charge in [-0.1, -0.05) is 18.2 Å². The van der Waals surface area contributed by atoms with Gasteiger partial charge in [0.1, 0.15) is 5.75 Å². The van der Waals surface area contributed by atoms with Gasteiger partial charge in [-0.3, -0.25) is 0 Å². The number of alkyl halides is 3. The third-order valence-corrected chi connectivity index (χ3v) is 4.30. The lowest BCUT2D eigenvalue weighted by Crippen LogP contribution is -2.40.